The summed E-state index contributed by atoms with van der Waals surface area (Å²) < 4.78 is 2.39. The van der Waals surface area contributed by atoms with Crippen LogP contribution in [0.4, 0.5) is 0 Å². The third-order valence-corrected chi connectivity index (χ3v) is 4.94. The average molecular weight is 314 g/mol. The fourth-order valence-electron chi connectivity index (χ4n) is 3.74. The van der Waals surface area contributed by atoms with Gasteiger partial charge in [0.2, 0.25) is 0 Å². The summed E-state index contributed by atoms with van der Waals surface area (Å²) in [5.74, 6) is 1.20. The summed E-state index contributed by atoms with van der Waals surface area (Å²) in [5.41, 5.74) is 7.10. The molecule has 0 unspecified atom stereocenters. The second-order valence-corrected chi connectivity index (χ2v) is 6.47. The van der Waals surface area contributed by atoms with Crippen molar-refractivity contribution in [3.8, 4) is 22.5 Å². The van der Waals surface area contributed by atoms with Crippen LogP contribution in [0.3, 0.4) is 0 Å². The van der Waals surface area contributed by atoms with Crippen LogP contribution in [0.5, 0.6) is 0 Å². The Morgan fingerprint density at radius 1 is 1.12 bits per heavy atom. The number of imidazole rings is 1. The minimum absolute atomic E-state index is 1.05. The summed E-state index contributed by atoms with van der Waals surface area (Å²) in [4.78, 5) is 5.01. The summed E-state index contributed by atoms with van der Waals surface area (Å²) in [7, 11) is 0. The molecule has 24 heavy (non-hydrogen) atoms. The van der Waals surface area contributed by atoms with Crippen molar-refractivity contribution < 1.29 is 0 Å². The molecule has 4 heteroatoms. The first-order valence-electron chi connectivity index (χ1n) is 8.40. The number of nitrogens with zero attached hydrogens (tertiary/aromatic N) is 3. The number of benzene rings is 2. The number of aryl methyl sites for hydroxylation is 2. The van der Waals surface area contributed by atoms with Crippen molar-refractivity contribution in [1.29, 1.82) is 0 Å². The maximum Gasteiger partial charge on any atom is 0.109 e. The Morgan fingerprint density at radius 3 is 2.96 bits per heavy atom. The Bertz CT molecular complexity index is 1050. The third-order valence-electron chi connectivity index (χ3n) is 4.94. The molecule has 0 saturated carbocycles. The first-order valence-corrected chi connectivity index (χ1v) is 8.40. The minimum Gasteiger partial charge on any atom is -0.327 e. The predicted octanol–water partition coefficient (Wildman–Crippen LogP) is 4.35. The highest BCUT2D eigenvalue weighted by Crippen LogP contribution is 2.37. The van der Waals surface area contributed by atoms with Crippen LogP contribution in [0.1, 0.15) is 17.8 Å². The average Bonchev–Trinajstić information content (AvgIpc) is 3.29. The molecule has 0 spiro atoms. The van der Waals surface area contributed by atoms with Crippen molar-refractivity contribution in [3.05, 3.63) is 60.0 Å². The van der Waals surface area contributed by atoms with Gasteiger partial charge < -0.3 is 4.57 Å². The molecule has 0 amide bonds. The zero-order chi connectivity index (χ0) is 16.1. The molecule has 118 valence electrons. The zero-order valence-electron chi connectivity index (χ0n) is 13.6. The van der Waals surface area contributed by atoms with E-state index in [0.29, 0.717) is 0 Å². The SMILES string of the molecule is Cc1ccccc1-c1nc2n(c1-c1ccc3[nH]ncc3c1)CCC2. The molecule has 0 aliphatic carbocycles. The maximum atomic E-state index is 5.01. The number of aromatic nitrogens is 4. The number of aromatic amines is 1. The van der Waals surface area contributed by atoms with Crippen molar-refractivity contribution >= 4 is 10.9 Å². The first-order chi connectivity index (χ1) is 11.8. The molecule has 0 atom stereocenters. The monoisotopic (exact) mass is 314 g/mol. The summed E-state index contributed by atoms with van der Waals surface area (Å²) in [5, 5.41) is 8.31. The number of rotatable bonds is 2. The lowest BCUT2D eigenvalue weighted by Crippen LogP contribution is -1.96. The summed E-state index contributed by atoms with van der Waals surface area (Å²) in [6.45, 7) is 3.20. The van der Waals surface area contributed by atoms with Crippen LogP contribution < -0.4 is 0 Å². The molecule has 1 aliphatic heterocycles. The van der Waals surface area contributed by atoms with E-state index in [1.807, 2.05) is 6.20 Å². The van der Waals surface area contributed by atoms with Crippen molar-refractivity contribution in [2.45, 2.75) is 26.3 Å². The van der Waals surface area contributed by atoms with Crippen LogP contribution in [-0.2, 0) is 13.0 Å². The lowest BCUT2D eigenvalue weighted by Gasteiger charge is -2.10. The highest BCUT2D eigenvalue weighted by atomic mass is 15.1. The minimum atomic E-state index is 1.05. The molecular formula is C20H18N4. The third kappa shape index (κ3) is 1.92. The Hall–Kier alpha value is -2.88. The normalized spacial score (nSPS) is 13.5. The van der Waals surface area contributed by atoms with Gasteiger partial charge in [-0.25, -0.2) is 4.98 Å². The molecule has 0 saturated heterocycles. The van der Waals surface area contributed by atoms with E-state index < -0.39 is 0 Å². The van der Waals surface area contributed by atoms with Crippen molar-refractivity contribution in [3.63, 3.8) is 0 Å². The highest BCUT2D eigenvalue weighted by molar-refractivity contribution is 5.88. The van der Waals surface area contributed by atoms with Crippen LogP contribution in [-0.4, -0.2) is 19.7 Å². The Labute approximate surface area is 140 Å². The lowest BCUT2D eigenvalue weighted by atomic mass is 10.00. The maximum absolute atomic E-state index is 5.01. The summed E-state index contributed by atoms with van der Waals surface area (Å²) in [6.07, 6.45) is 4.12. The van der Waals surface area contributed by atoms with E-state index in [1.54, 1.807) is 0 Å². The molecule has 3 heterocycles. The number of fused-ring (bicyclic) bond motifs is 2. The number of hydrogen-bond acceptors (Lipinski definition) is 2. The molecular weight excluding hydrogens is 296 g/mol. The van der Waals surface area contributed by atoms with Gasteiger partial charge in [0.1, 0.15) is 5.82 Å². The van der Waals surface area contributed by atoms with Crippen molar-refractivity contribution in [2.24, 2.45) is 0 Å². The van der Waals surface area contributed by atoms with E-state index in [-0.39, 0.29) is 0 Å². The van der Waals surface area contributed by atoms with Gasteiger partial charge in [-0.05, 0) is 31.0 Å². The van der Waals surface area contributed by atoms with E-state index in [4.69, 9.17) is 4.98 Å². The van der Waals surface area contributed by atoms with Crippen LogP contribution in [0.15, 0.2) is 48.7 Å². The van der Waals surface area contributed by atoms with Gasteiger partial charge in [0, 0.05) is 29.5 Å². The summed E-state index contributed by atoms with van der Waals surface area (Å²) >= 11 is 0. The molecule has 2 aromatic carbocycles. The van der Waals surface area contributed by atoms with E-state index in [2.05, 4.69) is 64.2 Å². The molecule has 4 nitrogen and oxygen atoms in total. The van der Waals surface area contributed by atoms with Gasteiger partial charge in [-0.1, -0.05) is 30.3 Å². The van der Waals surface area contributed by atoms with E-state index in [0.717, 1.165) is 29.6 Å². The van der Waals surface area contributed by atoms with Gasteiger partial charge in [-0.2, -0.15) is 5.10 Å². The van der Waals surface area contributed by atoms with Gasteiger partial charge in [0.25, 0.3) is 0 Å². The van der Waals surface area contributed by atoms with Gasteiger partial charge in [0.15, 0.2) is 0 Å². The van der Waals surface area contributed by atoms with Gasteiger partial charge >= 0.3 is 0 Å². The molecule has 0 radical (unpaired) electrons. The fourth-order valence-corrected chi connectivity index (χ4v) is 3.74. The topological polar surface area (TPSA) is 46.5 Å². The van der Waals surface area contributed by atoms with Crippen LogP contribution >= 0.6 is 0 Å². The molecule has 1 aliphatic rings. The van der Waals surface area contributed by atoms with Crippen LogP contribution in [0, 0.1) is 6.92 Å². The highest BCUT2D eigenvalue weighted by Gasteiger charge is 2.23. The molecule has 0 bridgehead atoms. The van der Waals surface area contributed by atoms with E-state index in [9.17, 15) is 0 Å². The second-order valence-electron chi connectivity index (χ2n) is 6.47. The van der Waals surface area contributed by atoms with Crippen molar-refractivity contribution in [2.75, 3.05) is 0 Å². The number of nitrogens with one attached hydrogen (secondary N) is 1. The fraction of sp³-hybridized carbons (Fsp3) is 0.200. The molecule has 5 rings (SSSR count). The Morgan fingerprint density at radius 2 is 2.04 bits per heavy atom. The van der Waals surface area contributed by atoms with Crippen molar-refractivity contribution in [1.82, 2.24) is 19.7 Å². The lowest BCUT2D eigenvalue weighted by molar-refractivity contribution is 0.756. The molecule has 2 aromatic heterocycles. The largest absolute Gasteiger partial charge is 0.327 e. The van der Waals surface area contributed by atoms with Crippen LogP contribution in [0.25, 0.3) is 33.4 Å². The van der Waals surface area contributed by atoms with Crippen LogP contribution in [0.2, 0.25) is 0 Å². The molecule has 0 fully saturated rings. The number of hydrogen-bond donors (Lipinski definition) is 1. The standard InChI is InChI=1S/C20H18N4/c1-13-5-2-3-6-16(13)19-20(24-10-4-7-18(24)22-19)14-8-9-17-15(11-14)12-21-23-17/h2-3,5-6,8-9,11-12H,4,7,10H2,1H3,(H,21,23). The molecule has 4 aromatic rings. The van der Waals surface area contributed by atoms with Gasteiger partial charge in [0.05, 0.1) is 23.1 Å². The molecule has 1 N–H and O–H groups in total. The smallest absolute Gasteiger partial charge is 0.109 e. The summed E-state index contributed by atoms with van der Waals surface area (Å²) in [6, 6.07) is 15.0. The quantitative estimate of drug-likeness (QED) is 0.598. The van der Waals surface area contributed by atoms with E-state index >= 15 is 0 Å². The Kier molecular flexibility index (Phi) is 2.86. The Balaban J connectivity index is 1.79. The zero-order valence-corrected chi connectivity index (χ0v) is 13.6. The van der Waals surface area contributed by atoms with Gasteiger partial charge in [-0.15, -0.1) is 0 Å². The second kappa shape index (κ2) is 5.06. The number of H-pyrrole nitrogens is 1. The van der Waals surface area contributed by atoms with Gasteiger partial charge in [-0.3, -0.25) is 5.10 Å². The predicted molar refractivity (Wildman–Crippen MR) is 95.8 cm³/mol. The first kappa shape index (κ1) is 13.5. The van der Waals surface area contributed by atoms with E-state index in [1.165, 1.54) is 34.6 Å².